The van der Waals surface area contributed by atoms with E-state index in [9.17, 15) is 0 Å². The van der Waals surface area contributed by atoms with Crippen LogP contribution in [0.25, 0.3) is 6.08 Å². The lowest BCUT2D eigenvalue weighted by Crippen LogP contribution is -2.06. The highest BCUT2D eigenvalue weighted by molar-refractivity contribution is 7.09. The Morgan fingerprint density at radius 3 is 1.49 bits per heavy atom. The summed E-state index contributed by atoms with van der Waals surface area (Å²) < 4.78 is 0. The van der Waals surface area contributed by atoms with Crippen LogP contribution >= 0.6 is 11.3 Å². The molecular formula is C44H68S. The average molecular weight is 629 g/mol. The van der Waals surface area contributed by atoms with Crippen molar-refractivity contribution in [3.05, 3.63) is 136 Å². The predicted molar refractivity (Wildman–Crippen MR) is 210 cm³/mol. The Bertz CT molecular complexity index is 1160. The van der Waals surface area contributed by atoms with Gasteiger partial charge in [0.2, 0.25) is 0 Å². The van der Waals surface area contributed by atoms with Gasteiger partial charge in [0, 0.05) is 4.88 Å². The van der Waals surface area contributed by atoms with E-state index in [-0.39, 0.29) is 14.9 Å². The highest BCUT2D eigenvalue weighted by atomic mass is 32.1. The Kier molecular flexibility index (Phi) is 25.9. The standard InChI is InChI=1S/C12H18.C12H16.C10H14.C8H12S.2CH4/c1-12(2,3)10-9-11-7-5-4-6-8-11;1-11(2)7-6-10-12-8-4-3-5-9-12;1-9(2)8-10-6-4-3-5-7-10;1-7(2)6-8-4-3-5-9-8;;/h4-8H,9-10H2,1-3H3;3-6,8-11H,7H2,1-2H3;3-7,9H,8H2,1-2H3;3-5,7H,6H2,1-2H3;2*1H4/b;10-6+;;;;. The van der Waals surface area contributed by atoms with E-state index in [4.69, 9.17) is 0 Å². The topological polar surface area (TPSA) is 0 Å². The zero-order chi connectivity index (χ0) is 31.9. The molecule has 0 unspecified atom stereocenters. The molecule has 1 heterocycles. The summed E-state index contributed by atoms with van der Waals surface area (Å²) in [6.45, 7) is 20.3. The fraction of sp³-hybridized carbons (Fsp3) is 0.455. The minimum absolute atomic E-state index is 0. The molecule has 0 N–H and O–H groups in total. The molecule has 0 aliphatic heterocycles. The molecule has 0 amide bonds. The zero-order valence-electron chi connectivity index (χ0n) is 28.7. The average Bonchev–Trinajstić information content (AvgIpc) is 3.46. The monoisotopic (exact) mass is 629 g/mol. The summed E-state index contributed by atoms with van der Waals surface area (Å²) in [5, 5.41) is 2.14. The van der Waals surface area contributed by atoms with E-state index in [0.717, 1.165) is 24.2 Å². The van der Waals surface area contributed by atoms with Crippen molar-refractivity contribution in [3.63, 3.8) is 0 Å². The summed E-state index contributed by atoms with van der Waals surface area (Å²) in [6.07, 6.45) is 10.5. The molecular weight excluding hydrogens is 561 g/mol. The molecule has 1 heteroatoms. The van der Waals surface area contributed by atoms with E-state index in [0.29, 0.717) is 5.41 Å². The summed E-state index contributed by atoms with van der Waals surface area (Å²) in [7, 11) is 0. The van der Waals surface area contributed by atoms with Crippen LogP contribution in [0.3, 0.4) is 0 Å². The third-order valence-corrected chi connectivity index (χ3v) is 7.30. The summed E-state index contributed by atoms with van der Waals surface area (Å²) >= 11 is 1.85. The maximum atomic E-state index is 2.29. The highest BCUT2D eigenvalue weighted by Crippen LogP contribution is 2.21. The number of thiophene rings is 1. The maximum absolute atomic E-state index is 2.29. The quantitative estimate of drug-likeness (QED) is 0.173. The van der Waals surface area contributed by atoms with E-state index in [1.54, 1.807) is 0 Å². The van der Waals surface area contributed by atoms with Crippen molar-refractivity contribution in [2.45, 2.75) is 109 Å². The van der Waals surface area contributed by atoms with Crippen LogP contribution in [0.1, 0.15) is 112 Å². The van der Waals surface area contributed by atoms with E-state index in [1.165, 1.54) is 47.3 Å². The van der Waals surface area contributed by atoms with Crippen molar-refractivity contribution >= 4 is 17.4 Å². The second-order valence-corrected chi connectivity index (χ2v) is 14.8. The van der Waals surface area contributed by atoms with Crippen LogP contribution < -0.4 is 0 Å². The number of aryl methyl sites for hydroxylation is 1. The number of hydrogen-bond acceptors (Lipinski definition) is 1. The van der Waals surface area contributed by atoms with Crippen molar-refractivity contribution < 1.29 is 0 Å². The smallest absolute Gasteiger partial charge is 0.00477 e. The molecule has 0 fully saturated rings. The summed E-state index contributed by atoms with van der Waals surface area (Å²) in [5.74, 6) is 2.32. The zero-order valence-corrected chi connectivity index (χ0v) is 29.5. The van der Waals surface area contributed by atoms with Crippen molar-refractivity contribution in [1.82, 2.24) is 0 Å². The molecule has 0 atom stereocenters. The van der Waals surface area contributed by atoms with Gasteiger partial charge >= 0.3 is 0 Å². The van der Waals surface area contributed by atoms with Crippen molar-refractivity contribution in [2.75, 3.05) is 0 Å². The Morgan fingerprint density at radius 2 is 1.07 bits per heavy atom. The molecule has 0 aliphatic carbocycles. The first kappa shape index (κ1) is 44.2. The van der Waals surface area contributed by atoms with Gasteiger partial charge in [0.05, 0.1) is 0 Å². The van der Waals surface area contributed by atoms with Crippen LogP contribution in [0, 0.1) is 23.2 Å². The van der Waals surface area contributed by atoms with Crippen LogP contribution in [0.15, 0.2) is 115 Å². The van der Waals surface area contributed by atoms with Gasteiger partial charge in [-0.3, -0.25) is 0 Å². The van der Waals surface area contributed by atoms with Gasteiger partial charge in [0.15, 0.2) is 0 Å². The molecule has 0 nitrogen and oxygen atoms in total. The van der Waals surface area contributed by atoms with E-state index >= 15 is 0 Å². The number of benzene rings is 3. The van der Waals surface area contributed by atoms with Gasteiger partial charge in [0.25, 0.3) is 0 Å². The van der Waals surface area contributed by atoms with Crippen LogP contribution in [0.5, 0.6) is 0 Å². The molecule has 45 heavy (non-hydrogen) atoms. The third-order valence-electron chi connectivity index (χ3n) is 6.40. The largest absolute Gasteiger partial charge is 0.149 e. The highest BCUT2D eigenvalue weighted by Gasteiger charge is 2.09. The Balaban J connectivity index is 0. The van der Waals surface area contributed by atoms with Gasteiger partial charge < -0.3 is 0 Å². The normalized spacial score (nSPS) is 10.5. The molecule has 4 aromatic rings. The summed E-state index contributed by atoms with van der Waals surface area (Å²) in [4.78, 5) is 1.50. The maximum Gasteiger partial charge on any atom is 0.00477 e. The van der Waals surface area contributed by atoms with Crippen LogP contribution in [0.2, 0.25) is 0 Å². The fourth-order valence-electron chi connectivity index (χ4n) is 4.12. The van der Waals surface area contributed by atoms with E-state index < -0.39 is 0 Å². The summed E-state index contributed by atoms with van der Waals surface area (Å²) in [6, 6.07) is 36.0. The molecule has 0 aliphatic rings. The number of hydrogen-bond donors (Lipinski definition) is 0. The first-order valence-corrected chi connectivity index (χ1v) is 17.1. The minimum atomic E-state index is 0. The van der Waals surface area contributed by atoms with Crippen LogP contribution in [-0.4, -0.2) is 0 Å². The molecule has 0 spiro atoms. The second kappa shape index (κ2) is 26.3. The van der Waals surface area contributed by atoms with Crippen molar-refractivity contribution in [2.24, 2.45) is 23.2 Å². The van der Waals surface area contributed by atoms with Gasteiger partial charge in [-0.1, -0.05) is 186 Å². The van der Waals surface area contributed by atoms with Crippen LogP contribution in [-0.2, 0) is 19.3 Å². The first-order chi connectivity index (χ1) is 20.4. The lowest BCUT2D eigenvalue weighted by Gasteiger charge is -2.17. The lowest BCUT2D eigenvalue weighted by atomic mass is 9.89. The Hall–Kier alpha value is -2.90. The van der Waals surface area contributed by atoms with Gasteiger partial charge in [-0.15, -0.1) is 11.3 Å². The molecule has 0 saturated heterocycles. The van der Waals surface area contributed by atoms with Gasteiger partial charge in [-0.25, -0.2) is 0 Å². The molecule has 250 valence electrons. The molecule has 4 rings (SSSR count). The number of allylic oxidation sites excluding steroid dienone is 1. The number of rotatable bonds is 9. The molecule has 3 aromatic carbocycles. The van der Waals surface area contributed by atoms with E-state index in [1.807, 2.05) is 17.4 Å². The second-order valence-electron chi connectivity index (χ2n) is 13.7. The predicted octanol–water partition coefficient (Wildman–Crippen LogP) is 14.5. The van der Waals surface area contributed by atoms with Gasteiger partial charge in [-0.2, -0.15) is 0 Å². The summed E-state index contributed by atoms with van der Waals surface area (Å²) in [5.41, 5.74) is 4.64. The van der Waals surface area contributed by atoms with Crippen molar-refractivity contribution in [1.29, 1.82) is 0 Å². The molecule has 0 radical (unpaired) electrons. The third kappa shape index (κ3) is 27.2. The molecule has 0 bridgehead atoms. The molecule has 1 aromatic heterocycles. The van der Waals surface area contributed by atoms with Gasteiger partial charge in [-0.05, 0) is 83.4 Å². The molecule has 0 saturated carbocycles. The fourth-order valence-corrected chi connectivity index (χ4v) is 5.04. The Labute approximate surface area is 285 Å². The minimum Gasteiger partial charge on any atom is -0.149 e. The SMILES string of the molecule is C.C.CC(C)(C)CCc1ccccc1.CC(C)C/C=C/c1ccccc1.CC(C)Cc1ccccc1.CC(C)Cc1cccs1. The van der Waals surface area contributed by atoms with E-state index in [2.05, 4.69) is 177 Å². The van der Waals surface area contributed by atoms with Crippen LogP contribution in [0.4, 0.5) is 0 Å². The van der Waals surface area contributed by atoms with Crippen molar-refractivity contribution in [3.8, 4) is 0 Å². The lowest BCUT2D eigenvalue weighted by molar-refractivity contribution is 0.378. The first-order valence-electron chi connectivity index (χ1n) is 16.3. The Morgan fingerprint density at radius 1 is 0.578 bits per heavy atom. The van der Waals surface area contributed by atoms with Gasteiger partial charge in [0.1, 0.15) is 0 Å².